The SMILES string of the molecule is C=CCN(Cc1ccccc1F)CC1CCNCC1. The molecule has 1 aliphatic rings. The van der Waals surface area contributed by atoms with Crippen molar-refractivity contribution < 1.29 is 4.39 Å². The third kappa shape index (κ3) is 4.44. The molecule has 0 radical (unpaired) electrons. The molecule has 1 fully saturated rings. The number of piperidine rings is 1. The quantitative estimate of drug-likeness (QED) is 0.793. The molecule has 2 nitrogen and oxygen atoms in total. The molecule has 0 unspecified atom stereocenters. The zero-order valence-corrected chi connectivity index (χ0v) is 11.4. The van der Waals surface area contributed by atoms with Crippen molar-refractivity contribution in [1.29, 1.82) is 0 Å². The minimum Gasteiger partial charge on any atom is -0.317 e. The number of hydrogen-bond donors (Lipinski definition) is 1. The Labute approximate surface area is 115 Å². The molecule has 0 aromatic heterocycles. The molecular formula is C16H23FN2. The Hall–Kier alpha value is -1.19. The third-order valence-corrected chi connectivity index (χ3v) is 3.71. The highest BCUT2D eigenvalue weighted by atomic mass is 19.1. The summed E-state index contributed by atoms with van der Waals surface area (Å²) in [6.07, 6.45) is 4.33. The lowest BCUT2D eigenvalue weighted by atomic mass is 9.97. The number of hydrogen-bond acceptors (Lipinski definition) is 2. The van der Waals surface area contributed by atoms with Gasteiger partial charge < -0.3 is 5.32 Å². The van der Waals surface area contributed by atoms with Crippen LogP contribution in [0.25, 0.3) is 0 Å². The summed E-state index contributed by atoms with van der Waals surface area (Å²) in [7, 11) is 0. The lowest BCUT2D eigenvalue weighted by Crippen LogP contribution is -2.36. The van der Waals surface area contributed by atoms with E-state index in [2.05, 4.69) is 16.8 Å². The van der Waals surface area contributed by atoms with Gasteiger partial charge in [-0.15, -0.1) is 6.58 Å². The van der Waals surface area contributed by atoms with Crippen LogP contribution in [0, 0.1) is 11.7 Å². The zero-order valence-electron chi connectivity index (χ0n) is 11.4. The second-order valence-corrected chi connectivity index (χ2v) is 5.27. The molecule has 1 heterocycles. The van der Waals surface area contributed by atoms with E-state index in [4.69, 9.17) is 0 Å². The number of nitrogens with zero attached hydrogens (tertiary/aromatic N) is 1. The number of rotatable bonds is 6. The molecule has 0 spiro atoms. The normalized spacial score (nSPS) is 16.7. The van der Waals surface area contributed by atoms with Crippen molar-refractivity contribution in [3.05, 3.63) is 48.3 Å². The van der Waals surface area contributed by atoms with Gasteiger partial charge in [-0.2, -0.15) is 0 Å². The van der Waals surface area contributed by atoms with E-state index in [1.165, 1.54) is 18.9 Å². The highest BCUT2D eigenvalue weighted by Crippen LogP contribution is 2.16. The molecule has 1 saturated heterocycles. The van der Waals surface area contributed by atoms with Crippen LogP contribution in [0.4, 0.5) is 4.39 Å². The summed E-state index contributed by atoms with van der Waals surface area (Å²) in [6, 6.07) is 7.04. The average molecular weight is 262 g/mol. The first-order chi connectivity index (χ1) is 9.29. The van der Waals surface area contributed by atoms with Gasteiger partial charge in [0, 0.05) is 25.2 Å². The van der Waals surface area contributed by atoms with E-state index in [1.54, 1.807) is 6.07 Å². The molecule has 0 atom stereocenters. The Kier molecular flexibility index (Phi) is 5.55. The van der Waals surface area contributed by atoms with Crippen LogP contribution in [-0.2, 0) is 6.54 Å². The lowest BCUT2D eigenvalue weighted by molar-refractivity contribution is 0.214. The van der Waals surface area contributed by atoms with Gasteiger partial charge in [-0.25, -0.2) is 4.39 Å². The summed E-state index contributed by atoms with van der Waals surface area (Å²) in [6.45, 7) is 8.53. The summed E-state index contributed by atoms with van der Waals surface area (Å²) in [4.78, 5) is 2.29. The Morgan fingerprint density at radius 3 is 2.74 bits per heavy atom. The van der Waals surface area contributed by atoms with Crippen molar-refractivity contribution in [2.45, 2.75) is 19.4 Å². The van der Waals surface area contributed by atoms with Crippen LogP contribution in [0.5, 0.6) is 0 Å². The topological polar surface area (TPSA) is 15.3 Å². The Balaban J connectivity index is 1.95. The van der Waals surface area contributed by atoms with Gasteiger partial charge in [0.15, 0.2) is 0 Å². The van der Waals surface area contributed by atoms with Gasteiger partial charge in [0.1, 0.15) is 5.82 Å². The summed E-state index contributed by atoms with van der Waals surface area (Å²) >= 11 is 0. The molecule has 1 aliphatic heterocycles. The predicted molar refractivity (Wildman–Crippen MR) is 77.5 cm³/mol. The molecule has 104 valence electrons. The van der Waals surface area contributed by atoms with Gasteiger partial charge in [0.25, 0.3) is 0 Å². The van der Waals surface area contributed by atoms with Crippen LogP contribution in [0.2, 0.25) is 0 Å². The molecular weight excluding hydrogens is 239 g/mol. The van der Waals surface area contributed by atoms with E-state index in [0.717, 1.165) is 31.7 Å². The van der Waals surface area contributed by atoms with Crippen LogP contribution in [0.1, 0.15) is 18.4 Å². The van der Waals surface area contributed by atoms with Gasteiger partial charge in [0.05, 0.1) is 0 Å². The minimum atomic E-state index is -0.109. The molecule has 0 amide bonds. The standard InChI is InChI=1S/C16H23FN2/c1-2-11-19(12-14-7-9-18-10-8-14)13-15-5-3-4-6-16(15)17/h2-6,14,18H,1,7-13H2. The first-order valence-corrected chi connectivity index (χ1v) is 7.07. The third-order valence-electron chi connectivity index (χ3n) is 3.71. The maximum atomic E-state index is 13.7. The van der Waals surface area contributed by atoms with Crippen molar-refractivity contribution in [1.82, 2.24) is 10.2 Å². The molecule has 0 saturated carbocycles. The molecule has 19 heavy (non-hydrogen) atoms. The Morgan fingerprint density at radius 1 is 1.32 bits per heavy atom. The van der Waals surface area contributed by atoms with Crippen molar-refractivity contribution in [2.24, 2.45) is 5.92 Å². The van der Waals surface area contributed by atoms with E-state index < -0.39 is 0 Å². The van der Waals surface area contributed by atoms with E-state index in [0.29, 0.717) is 12.5 Å². The predicted octanol–water partition coefficient (Wildman–Crippen LogP) is 2.81. The number of benzene rings is 1. The summed E-state index contributed by atoms with van der Waals surface area (Å²) < 4.78 is 13.7. The second-order valence-electron chi connectivity index (χ2n) is 5.27. The molecule has 2 rings (SSSR count). The first kappa shape index (κ1) is 14.2. The first-order valence-electron chi connectivity index (χ1n) is 7.07. The lowest BCUT2D eigenvalue weighted by Gasteiger charge is -2.29. The highest BCUT2D eigenvalue weighted by molar-refractivity contribution is 5.17. The number of halogens is 1. The minimum absolute atomic E-state index is 0.109. The maximum absolute atomic E-state index is 13.7. The van der Waals surface area contributed by atoms with Crippen molar-refractivity contribution >= 4 is 0 Å². The van der Waals surface area contributed by atoms with Crippen LogP contribution >= 0.6 is 0 Å². The van der Waals surface area contributed by atoms with E-state index in [1.807, 2.05) is 18.2 Å². The Morgan fingerprint density at radius 2 is 2.05 bits per heavy atom. The summed E-state index contributed by atoms with van der Waals surface area (Å²) in [5, 5.41) is 3.38. The fourth-order valence-corrected chi connectivity index (χ4v) is 2.68. The molecule has 0 aliphatic carbocycles. The zero-order chi connectivity index (χ0) is 13.5. The summed E-state index contributed by atoms with van der Waals surface area (Å²) in [5.41, 5.74) is 0.776. The summed E-state index contributed by atoms with van der Waals surface area (Å²) in [5.74, 6) is 0.606. The second kappa shape index (κ2) is 7.41. The van der Waals surface area contributed by atoms with E-state index >= 15 is 0 Å². The molecule has 1 aromatic rings. The molecule has 0 bridgehead atoms. The van der Waals surface area contributed by atoms with Crippen LogP contribution in [-0.4, -0.2) is 31.1 Å². The average Bonchev–Trinajstić information content (AvgIpc) is 2.43. The maximum Gasteiger partial charge on any atom is 0.127 e. The molecule has 1 N–H and O–H groups in total. The van der Waals surface area contributed by atoms with E-state index in [9.17, 15) is 4.39 Å². The smallest absolute Gasteiger partial charge is 0.127 e. The van der Waals surface area contributed by atoms with Crippen LogP contribution < -0.4 is 5.32 Å². The Bertz CT molecular complexity index is 399. The van der Waals surface area contributed by atoms with E-state index in [-0.39, 0.29) is 5.82 Å². The van der Waals surface area contributed by atoms with Gasteiger partial charge >= 0.3 is 0 Å². The van der Waals surface area contributed by atoms with Crippen molar-refractivity contribution in [3.63, 3.8) is 0 Å². The monoisotopic (exact) mass is 262 g/mol. The fourth-order valence-electron chi connectivity index (χ4n) is 2.68. The van der Waals surface area contributed by atoms with Gasteiger partial charge in [-0.05, 0) is 37.9 Å². The van der Waals surface area contributed by atoms with Gasteiger partial charge in [0.2, 0.25) is 0 Å². The van der Waals surface area contributed by atoms with Gasteiger partial charge in [-0.1, -0.05) is 24.3 Å². The van der Waals surface area contributed by atoms with Gasteiger partial charge in [-0.3, -0.25) is 4.90 Å². The highest BCUT2D eigenvalue weighted by Gasteiger charge is 2.17. The largest absolute Gasteiger partial charge is 0.317 e. The van der Waals surface area contributed by atoms with Crippen molar-refractivity contribution in [3.8, 4) is 0 Å². The molecule has 3 heteroatoms. The fraction of sp³-hybridized carbons (Fsp3) is 0.500. The van der Waals surface area contributed by atoms with Crippen LogP contribution in [0.15, 0.2) is 36.9 Å². The van der Waals surface area contributed by atoms with Crippen LogP contribution in [0.3, 0.4) is 0 Å². The molecule has 1 aromatic carbocycles. The van der Waals surface area contributed by atoms with Crippen molar-refractivity contribution in [2.75, 3.05) is 26.2 Å². The number of nitrogens with one attached hydrogen (secondary N) is 1.